The summed E-state index contributed by atoms with van der Waals surface area (Å²) in [7, 11) is 0. The molecule has 6 heteroatoms. The van der Waals surface area contributed by atoms with E-state index in [0.717, 1.165) is 21.1 Å². The molecule has 1 saturated heterocycles. The molecule has 2 N–H and O–H groups in total. The number of benzene rings is 4. The Morgan fingerprint density at radius 1 is 0.881 bits per heavy atom. The van der Waals surface area contributed by atoms with Crippen molar-refractivity contribution in [3.05, 3.63) is 147 Å². The minimum Gasteiger partial charge on any atom is -0.351 e. The van der Waals surface area contributed by atoms with Gasteiger partial charge >= 0.3 is 0 Å². The van der Waals surface area contributed by atoms with Gasteiger partial charge in [-0.2, -0.15) is 0 Å². The van der Waals surface area contributed by atoms with Gasteiger partial charge < -0.3 is 15.5 Å². The quantitative estimate of drug-likeness (QED) is 0.160. The summed E-state index contributed by atoms with van der Waals surface area (Å²) in [4.78, 5) is 28.8. The minimum atomic E-state index is -0.383. The molecule has 1 aliphatic heterocycles. The van der Waals surface area contributed by atoms with Gasteiger partial charge in [0.15, 0.2) is 0 Å². The van der Waals surface area contributed by atoms with E-state index in [2.05, 4.69) is 93.9 Å². The number of nitrogens with zero attached hydrogens (tertiary/aromatic N) is 1. The summed E-state index contributed by atoms with van der Waals surface area (Å²) < 4.78 is 1.15. The lowest BCUT2D eigenvalue weighted by molar-refractivity contribution is -0.132. The maximum Gasteiger partial charge on any atom is 0.244 e. The lowest BCUT2D eigenvalue weighted by atomic mass is 9.90. The van der Waals surface area contributed by atoms with Gasteiger partial charge in [-0.25, -0.2) is 0 Å². The van der Waals surface area contributed by atoms with Crippen molar-refractivity contribution in [2.75, 3.05) is 19.6 Å². The molecule has 0 bridgehead atoms. The molecular weight excluding hydrogens is 633 g/mol. The van der Waals surface area contributed by atoms with E-state index in [1.165, 1.54) is 11.1 Å². The highest BCUT2D eigenvalue weighted by molar-refractivity contribution is 14.1. The number of amides is 2. The van der Waals surface area contributed by atoms with E-state index in [1.54, 1.807) is 6.08 Å². The van der Waals surface area contributed by atoms with Gasteiger partial charge in [-0.15, -0.1) is 0 Å². The van der Waals surface area contributed by atoms with Crippen LogP contribution in [0.3, 0.4) is 0 Å². The fraction of sp³-hybridized carbons (Fsp3) is 0.222. The number of nitrogens with one attached hydrogen (secondary N) is 2. The number of halogens is 1. The Kier molecular flexibility index (Phi) is 10.6. The maximum absolute atomic E-state index is 14.1. The van der Waals surface area contributed by atoms with Crippen molar-refractivity contribution >= 4 is 40.5 Å². The molecule has 4 aromatic carbocycles. The first kappa shape index (κ1) is 29.7. The number of rotatable bonds is 10. The molecule has 0 unspecified atom stereocenters. The molecule has 5 nitrogen and oxygen atoms in total. The smallest absolute Gasteiger partial charge is 0.244 e. The summed E-state index contributed by atoms with van der Waals surface area (Å²) >= 11 is 2.26. The molecule has 4 aromatic rings. The Morgan fingerprint density at radius 3 is 2.10 bits per heavy atom. The average Bonchev–Trinajstić information content (AvgIpc) is 3.17. The Morgan fingerprint density at radius 2 is 1.48 bits per heavy atom. The summed E-state index contributed by atoms with van der Waals surface area (Å²) in [5.41, 5.74) is 4.47. The minimum absolute atomic E-state index is 0.0322. The van der Waals surface area contributed by atoms with Gasteiger partial charge in [0.1, 0.15) is 0 Å². The van der Waals surface area contributed by atoms with Gasteiger partial charge in [0, 0.05) is 41.2 Å². The number of hydrogen-bond acceptors (Lipinski definition) is 3. The van der Waals surface area contributed by atoms with Crippen LogP contribution in [-0.2, 0) is 16.0 Å². The normalized spacial score (nSPS) is 17.4. The second kappa shape index (κ2) is 14.9. The van der Waals surface area contributed by atoms with Crippen molar-refractivity contribution in [3.8, 4) is 0 Å². The topological polar surface area (TPSA) is 61.4 Å². The van der Waals surface area contributed by atoms with Crippen LogP contribution in [0.4, 0.5) is 0 Å². The highest BCUT2D eigenvalue weighted by atomic mass is 127. The molecule has 0 spiro atoms. The van der Waals surface area contributed by atoms with Gasteiger partial charge in [-0.05, 0) is 75.9 Å². The summed E-state index contributed by atoms with van der Waals surface area (Å²) in [5, 5.41) is 6.65. The van der Waals surface area contributed by atoms with E-state index in [4.69, 9.17) is 0 Å². The highest BCUT2D eigenvalue weighted by Gasteiger charge is 2.32. The number of carbonyl (C=O) groups is 2. The van der Waals surface area contributed by atoms with Gasteiger partial charge in [0.05, 0.1) is 6.04 Å². The summed E-state index contributed by atoms with van der Waals surface area (Å²) in [6, 6.07) is 38.6. The zero-order valence-electron chi connectivity index (χ0n) is 23.5. The van der Waals surface area contributed by atoms with Crippen molar-refractivity contribution in [1.82, 2.24) is 15.5 Å². The zero-order valence-corrected chi connectivity index (χ0v) is 25.7. The highest BCUT2D eigenvalue weighted by Crippen LogP contribution is 2.27. The molecule has 1 fully saturated rings. The standard InChI is InChI=1S/C36H36IN3O2/c37-31-19-16-27(17-20-31)18-21-35(41)38-25-32-22-23-40(36(42)34(39-32)24-28-10-4-1-5-11-28)26-33(29-12-6-2-7-13-29)30-14-8-3-9-15-30/h1-21,32-34,39H,22-26H2,(H,38,41)/b21-18+/t32-,34-/m0/s1. The number of hydrogen-bond donors (Lipinski definition) is 2. The maximum atomic E-state index is 14.1. The van der Waals surface area contributed by atoms with Crippen LogP contribution >= 0.6 is 22.6 Å². The Bertz CT molecular complexity index is 1420. The van der Waals surface area contributed by atoms with Crippen LogP contribution in [0.2, 0.25) is 0 Å². The first-order valence-electron chi connectivity index (χ1n) is 14.5. The molecule has 5 rings (SSSR count). The zero-order chi connectivity index (χ0) is 29.1. The summed E-state index contributed by atoms with van der Waals surface area (Å²) in [5.74, 6) is 0.0233. The molecule has 0 aliphatic carbocycles. The van der Waals surface area contributed by atoms with Gasteiger partial charge in [0.2, 0.25) is 11.8 Å². The monoisotopic (exact) mass is 669 g/mol. The van der Waals surface area contributed by atoms with Crippen LogP contribution < -0.4 is 10.6 Å². The van der Waals surface area contributed by atoms with Gasteiger partial charge in [-0.1, -0.05) is 103 Å². The fourth-order valence-electron chi connectivity index (χ4n) is 5.44. The SMILES string of the molecule is O=C(/C=C/c1ccc(I)cc1)NC[C@@H]1CCN(CC(c2ccccc2)c2ccccc2)C(=O)[C@H](Cc2ccccc2)N1. The average molecular weight is 670 g/mol. The predicted molar refractivity (Wildman–Crippen MR) is 178 cm³/mol. The van der Waals surface area contributed by atoms with Crippen LogP contribution in [0, 0.1) is 3.57 Å². The Hall–Kier alpha value is -3.75. The van der Waals surface area contributed by atoms with Crippen LogP contribution in [0.15, 0.2) is 121 Å². The van der Waals surface area contributed by atoms with Crippen molar-refractivity contribution in [2.45, 2.75) is 30.8 Å². The van der Waals surface area contributed by atoms with Gasteiger partial charge in [0.25, 0.3) is 0 Å². The fourth-order valence-corrected chi connectivity index (χ4v) is 5.80. The molecule has 0 aromatic heterocycles. The van der Waals surface area contributed by atoms with E-state index >= 15 is 0 Å². The first-order valence-corrected chi connectivity index (χ1v) is 15.5. The lowest BCUT2D eigenvalue weighted by Crippen LogP contribution is -2.50. The molecule has 42 heavy (non-hydrogen) atoms. The third-order valence-electron chi connectivity index (χ3n) is 7.70. The van der Waals surface area contributed by atoms with E-state index < -0.39 is 0 Å². The summed E-state index contributed by atoms with van der Waals surface area (Å²) in [6.45, 7) is 1.66. The van der Waals surface area contributed by atoms with E-state index in [9.17, 15) is 9.59 Å². The molecule has 0 saturated carbocycles. The molecular formula is C36H36IN3O2. The largest absolute Gasteiger partial charge is 0.351 e. The second-order valence-corrected chi connectivity index (χ2v) is 11.9. The van der Waals surface area contributed by atoms with Crippen molar-refractivity contribution < 1.29 is 9.59 Å². The molecule has 1 aliphatic rings. The van der Waals surface area contributed by atoms with Crippen LogP contribution in [0.1, 0.15) is 34.6 Å². The van der Waals surface area contributed by atoms with Gasteiger partial charge in [-0.3, -0.25) is 9.59 Å². The molecule has 2 amide bonds. The molecule has 0 radical (unpaired) electrons. The third kappa shape index (κ3) is 8.39. The Balaban J connectivity index is 1.31. The second-order valence-electron chi connectivity index (χ2n) is 10.7. The van der Waals surface area contributed by atoms with Crippen LogP contribution in [0.25, 0.3) is 6.08 Å². The third-order valence-corrected chi connectivity index (χ3v) is 8.42. The predicted octanol–water partition coefficient (Wildman–Crippen LogP) is 6.05. The van der Waals surface area contributed by atoms with Crippen LogP contribution in [0.5, 0.6) is 0 Å². The first-order chi connectivity index (χ1) is 20.5. The molecule has 2 atom stereocenters. The Labute approximate surface area is 262 Å². The van der Waals surface area contributed by atoms with E-state index in [-0.39, 0.29) is 29.8 Å². The van der Waals surface area contributed by atoms with E-state index in [1.807, 2.05) is 65.6 Å². The molecule has 214 valence electrons. The summed E-state index contributed by atoms with van der Waals surface area (Å²) in [6.07, 6.45) is 4.73. The van der Waals surface area contributed by atoms with E-state index in [0.29, 0.717) is 26.1 Å². The van der Waals surface area contributed by atoms with Crippen molar-refractivity contribution in [1.29, 1.82) is 0 Å². The number of carbonyl (C=O) groups excluding carboxylic acids is 2. The van der Waals surface area contributed by atoms with Crippen molar-refractivity contribution in [2.24, 2.45) is 0 Å². The van der Waals surface area contributed by atoms with Crippen LogP contribution in [-0.4, -0.2) is 48.4 Å². The van der Waals surface area contributed by atoms with Crippen molar-refractivity contribution in [3.63, 3.8) is 0 Å². The lowest BCUT2D eigenvalue weighted by Gasteiger charge is -2.29. The molecule has 1 heterocycles.